The number of carboxylic acid groups (broad SMARTS) is 2. The number of hydrogen-bond donors (Lipinski definition) is 4. The first-order chi connectivity index (χ1) is 28.7. The Hall–Kier alpha value is -6.93. The van der Waals surface area contributed by atoms with Crippen LogP contribution >= 0.6 is 34.8 Å². The van der Waals surface area contributed by atoms with Crippen molar-refractivity contribution in [1.82, 2.24) is 39.9 Å². The van der Waals surface area contributed by atoms with E-state index in [-0.39, 0.29) is 65.2 Å². The highest BCUT2D eigenvalue weighted by molar-refractivity contribution is 6.51. The lowest BCUT2D eigenvalue weighted by atomic mass is 9.86. The number of H-pyrrole nitrogens is 2. The fourth-order valence-corrected chi connectivity index (χ4v) is 8.25. The van der Waals surface area contributed by atoms with Crippen LogP contribution in [0.15, 0.2) is 84.9 Å². The van der Waals surface area contributed by atoms with Gasteiger partial charge in [0.05, 0.1) is 31.9 Å². The van der Waals surface area contributed by atoms with Crippen LogP contribution in [0.1, 0.15) is 47.1 Å². The average molecular weight is 854 g/mol. The summed E-state index contributed by atoms with van der Waals surface area (Å²) in [5, 5.41) is 21.4. The van der Waals surface area contributed by atoms with Crippen LogP contribution in [0.4, 0.5) is 0 Å². The summed E-state index contributed by atoms with van der Waals surface area (Å²) in [5.74, 6) is -1.66. The zero-order valence-electron chi connectivity index (χ0n) is 31.5. The minimum absolute atomic E-state index is 0.0373. The van der Waals surface area contributed by atoms with Crippen molar-refractivity contribution in [2.75, 3.05) is 0 Å². The number of nitrogens with one attached hydrogen (secondary N) is 2. The molecule has 3 aromatic heterocycles. The minimum Gasteiger partial charge on any atom is -0.478 e. The molecule has 8 aromatic rings. The highest BCUT2D eigenvalue weighted by Gasteiger charge is 2.27. The fourth-order valence-electron chi connectivity index (χ4n) is 7.39. The summed E-state index contributed by atoms with van der Waals surface area (Å²) in [6.45, 7) is 6.46. The predicted octanol–water partition coefficient (Wildman–Crippen LogP) is 11.3. The Morgan fingerprint density at radius 3 is 1.48 bits per heavy atom. The van der Waals surface area contributed by atoms with Gasteiger partial charge in [0.2, 0.25) is 0 Å². The number of nitrogens with zero attached hydrogens (tertiary/aromatic N) is 6. The number of aromatic carboxylic acids is 2. The van der Waals surface area contributed by atoms with Crippen molar-refractivity contribution in [3.05, 3.63) is 117 Å². The van der Waals surface area contributed by atoms with Gasteiger partial charge in [-0.25, -0.2) is 39.5 Å². The zero-order chi connectivity index (χ0) is 41.8. The molecule has 16 heteroatoms. The van der Waals surface area contributed by atoms with E-state index >= 15 is 0 Å². The Morgan fingerprint density at radius 1 is 0.550 bits per heavy atom. The number of carbonyl (C=O) groups is 2. The molecule has 0 saturated heterocycles. The number of fused-ring (bicyclic) bond motifs is 20. The molecule has 13 nitrogen and oxygen atoms in total. The molecule has 5 heterocycles. The fraction of sp³-hybridized carbons (Fsp3) is 0.0909. The monoisotopic (exact) mass is 852 g/mol. The van der Waals surface area contributed by atoms with E-state index in [1.54, 1.807) is 0 Å². The smallest absolute Gasteiger partial charge is 0.335 e. The van der Waals surface area contributed by atoms with Crippen molar-refractivity contribution < 1.29 is 24.5 Å². The normalized spacial score (nSPS) is 12.1. The van der Waals surface area contributed by atoms with Gasteiger partial charge in [-0.2, -0.15) is 0 Å². The van der Waals surface area contributed by atoms with Gasteiger partial charge < -0.3 is 24.9 Å². The standard InChI is InChI=1S/C44H27Cl3N8O5/c1-44(2,3)20-12-13-26-27(17-20)39-51-35-23-9-5-7-11-25(23)37(49-35)54-41-29-28(40(55-41)53-36-24-10-6-4-8-22(24)34(48-36)50-38(26)52-39)30(45)32(47)33(31(29)46)60-21-15-18(42(56)57)14-19(16-21)43(58)59/h4-17H,1-3H3,(H,56,57)(H,58,59)(H2,48,49,50,51,52,53,54,55). The molecule has 0 saturated carbocycles. The van der Waals surface area contributed by atoms with E-state index in [1.807, 2.05) is 54.6 Å². The second kappa shape index (κ2) is 13.6. The van der Waals surface area contributed by atoms with Crippen molar-refractivity contribution in [1.29, 1.82) is 0 Å². The largest absolute Gasteiger partial charge is 0.478 e. The Balaban J connectivity index is 1.33. The molecule has 0 fully saturated rings. The van der Waals surface area contributed by atoms with Crippen molar-refractivity contribution in [2.24, 2.45) is 0 Å². The number of carboxylic acids is 2. The first-order valence-corrected chi connectivity index (χ1v) is 19.5. The van der Waals surface area contributed by atoms with Crippen molar-refractivity contribution >= 4 is 90.9 Å². The van der Waals surface area contributed by atoms with Crippen LogP contribution in [0.2, 0.25) is 15.1 Å². The Labute approximate surface area is 353 Å². The topological polar surface area (TPSA) is 193 Å². The molecule has 8 bridgehead atoms. The second-order valence-electron chi connectivity index (χ2n) is 15.2. The molecule has 0 radical (unpaired) electrons. The van der Waals surface area contributed by atoms with Crippen molar-refractivity contribution in [3.63, 3.8) is 0 Å². The van der Waals surface area contributed by atoms with E-state index < -0.39 is 11.9 Å². The summed E-state index contributed by atoms with van der Waals surface area (Å²) in [4.78, 5) is 60.7. The van der Waals surface area contributed by atoms with Crippen LogP contribution < -0.4 is 4.74 Å². The third-order valence-corrected chi connectivity index (χ3v) is 11.6. The summed E-state index contributed by atoms with van der Waals surface area (Å²) in [7, 11) is 0. The van der Waals surface area contributed by atoms with Crippen LogP contribution in [-0.4, -0.2) is 62.0 Å². The molecule has 0 unspecified atom stereocenters. The molecule has 0 spiro atoms. The third-order valence-electron chi connectivity index (χ3n) is 10.4. The molecule has 4 N–H and O–H groups in total. The zero-order valence-corrected chi connectivity index (χ0v) is 33.8. The van der Waals surface area contributed by atoms with E-state index in [0.717, 1.165) is 45.7 Å². The quantitative estimate of drug-likeness (QED) is 0.123. The third kappa shape index (κ3) is 6.00. The molecule has 10 rings (SSSR count). The van der Waals surface area contributed by atoms with Gasteiger partial charge in [0.1, 0.15) is 33.4 Å². The lowest BCUT2D eigenvalue weighted by molar-refractivity contribution is 0.0696. The number of aromatic amines is 2. The maximum atomic E-state index is 11.9. The lowest BCUT2D eigenvalue weighted by Gasteiger charge is -2.18. The molecular weight excluding hydrogens is 827 g/mol. The molecule has 5 aromatic carbocycles. The molecule has 294 valence electrons. The van der Waals surface area contributed by atoms with Gasteiger partial charge in [0.25, 0.3) is 0 Å². The van der Waals surface area contributed by atoms with E-state index in [2.05, 4.69) is 42.9 Å². The van der Waals surface area contributed by atoms with Gasteiger partial charge in [-0.3, -0.25) is 0 Å². The number of hydrogen-bond acceptors (Lipinski definition) is 9. The highest BCUT2D eigenvalue weighted by atomic mass is 35.5. The lowest BCUT2D eigenvalue weighted by Crippen LogP contribution is -2.10. The predicted molar refractivity (Wildman–Crippen MR) is 230 cm³/mol. The van der Waals surface area contributed by atoms with Crippen molar-refractivity contribution in [2.45, 2.75) is 26.2 Å². The molecular formula is C44H27Cl3N8O5. The Morgan fingerprint density at radius 2 is 1.00 bits per heavy atom. The summed E-state index contributed by atoms with van der Waals surface area (Å²) in [6.07, 6.45) is 0. The van der Waals surface area contributed by atoms with Crippen LogP contribution in [0, 0.1) is 0 Å². The summed E-state index contributed by atoms with van der Waals surface area (Å²) in [6, 6.07) is 24.7. The number of rotatable bonds is 4. The Bertz CT molecular complexity index is 3380. The van der Waals surface area contributed by atoms with E-state index in [1.165, 1.54) is 0 Å². The average Bonchev–Trinajstić information content (AvgIpc) is 3.96. The SMILES string of the molecule is CC(C)(C)c1ccc2c3nc4nc(nc5[nH]c(nc6nc(nc([nH]3)c2c1)-c1ccccc1-6)c1c(Cl)c(Oc2cc(C(=O)O)cc(C(=O)O)c2)c(Cl)c(Cl)c51)-c1ccccc1-4. The minimum atomic E-state index is -1.37. The van der Waals surface area contributed by atoms with Crippen LogP contribution in [0.5, 0.6) is 11.5 Å². The van der Waals surface area contributed by atoms with Crippen LogP contribution in [0.3, 0.4) is 0 Å². The number of ether oxygens (including phenoxy) is 1. The summed E-state index contributed by atoms with van der Waals surface area (Å²) >= 11 is 21.2. The first-order valence-electron chi connectivity index (χ1n) is 18.4. The number of benzene rings is 5. The van der Waals surface area contributed by atoms with Gasteiger partial charge >= 0.3 is 11.9 Å². The van der Waals surface area contributed by atoms with Gasteiger partial charge in [-0.1, -0.05) is 116 Å². The van der Waals surface area contributed by atoms with Crippen molar-refractivity contribution in [3.8, 4) is 57.1 Å². The van der Waals surface area contributed by atoms with E-state index in [0.29, 0.717) is 45.7 Å². The van der Waals surface area contributed by atoms with Gasteiger partial charge in [-0.15, -0.1) is 0 Å². The van der Waals surface area contributed by atoms with Gasteiger partial charge in [0.15, 0.2) is 29.0 Å². The Kier molecular flexibility index (Phi) is 8.44. The van der Waals surface area contributed by atoms with Gasteiger partial charge in [0, 0.05) is 33.0 Å². The van der Waals surface area contributed by atoms with Gasteiger partial charge in [-0.05, 0) is 35.2 Å². The molecule has 2 aliphatic heterocycles. The number of halogens is 3. The van der Waals surface area contributed by atoms with E-state index in [9.17, 15) is 19.8 Å². The molecule has 0 atom stereocenters. The summed E-state index contributed by atoms with van der Waals surface area (Å²) in [5.41, 5.74) is 4.64. The molecule has 0 amide bonds. The van der Waals surface area contributed by atoms with Crippen LogP contribution in [-0.2, 0) is 5.41 Å². The maximum Gasteiger partial charge on any atom is 0.335 e. The molecule has 0 aliphatic carbocycles. The highest BCUT2D eigenvalue weighted by Crippen LogP contribution is 2.49. The summed E-state index contributed by atoms with van der Waals surface area (Å²) < 4.78 is 6.09. The van der Waals surface area contributed by atoms with E-state index in [4.69, 9.17) is 69.4 Å². The number of aromatic nitrogens is 8. The first kappa shape index (κ1) is 37.3. The van der Waals surface area contributed by atoms with Crippen LogP contribution in [0.25, 0.3) is 89.7 Å². The molecule has 60 heavy (non-hydrogen) atoms. The molecule has 2 aliphatic rings. The second-order valence-corrected chi connectivity index (χ2v) is 16.3. The maximum absolute atomic E-state index is 11.9.